The summed E-state index contributed by atoms with van der Waals surface area (Å²) in [6.45, 7) is 2.60. The van der Waals surface area contributed by atoms with E-state index >= 15 is 0 Å². The smallest absolute Gasteiger partial charge is 0.234 e. The zero-order chi connectivity index (χ0) is 19.2. The van der Waals surface area contributed by atoms with Crippen LogP contribution in [0.1, 0.15) is 43.7 Å². The average molecular weight is 379 g/mol. The van der Waals surface area contributed by atoms with Gasteiger partial charge in [0, 0.05) is 11.4 Å². The monoisotopic (exact) mass is 378 g/mol. The van der Waals surface area contributed by atoms with Gasteiger partial charge < -0.3 is 4.90 Å². The molecule has 0 N–H and O–H groups in total. The van der Waals surface area contributed by atoms with Gasteiger partial charge in [-0.2, -0.15) is 5.26 Å². The molecule has 0 fully saturated rings. The quantitative estimate of drug-likeness (QED) is 0.570. The Morgan fingerprint density at radius 3 is 2.44 bits per heavy atom. The van der Waals surface area contributed by atoms with E-state index in [9.17, 15) is 4.79 Å². The molecule has 2 aromatic rings. The highest BCUT2D eigenvalue weighted by Crippen LogP contribution is 2.39. The summed E-state index contributed by atoms with van der Waals surface area (Å²) in [6, 6.07) is 19.9. The Hall–Kier alpha value is -2.57. The third kappa shape index (κ3) is 4.40. The van der Waals surface area contributed by atoms with E-state index in [-0.39, 0.29) is 11.8 Å². The minimum absolute atomic E-state index is 0.105. The maximum absolute atomic E-state index is 13.2. The molecule has 1 aliphatic rings. The number of rotatable bonds is 7. The third-order valence-electron chi connectivity index (χ3n) is 5.06. The summed E-state index contributed by atoms with van der Waals surface area (Å²) in [7, 11) is 0. The van der Waals surface area contributed by atoms with Crippen molar-refractivity contribution < 1.29 is 4.79 Å². The Morgan fingerprint density at radius 2 is 1.78 bits per heavy atom. The lowest BCUT2D eigenvalue weighted by molar-refractivity contribution is -0.130. The third-order valence-corrected chi connectivity index (χ3v) is 5.31. The van der Waals surface area contributed by atoms with Crippen molar-refractivity contribution in [2.45, 2.75) is 39.2 Å². The van der Waals surface area contributed by atoms with Gasteiger partial charge in [0.25, 0.3) is 0 Å². The number of carbonyl (C=O) groups is 1. The Kier molecular flexibility index (Phi) is 6.32. The van der Waals surface area contributed by atoms with Crippen LogP contribution in [0.15, 0.2) is 60.2 Å². The molecule has 27 heavy (non-hydrogen) atoms. The lowest BCUT2D eigenvalue weighted by Crippen LogP contribution is -2.28. The van der Waals surface area contributed by atoms with Gasteiger partial charge in [-0.1, -0.05) is 60.5 Å². The van der Waals surface area contributed by atoms with E-state index in [0.717, 1.165) is 41.7 Å². The highest BCUT2D eigenvalue weighted by atomic mass is 35.5. The summed E-state index contributed by atoms with van der Waals surface area (Å²) in [5.41, 5.74) is 4.26. The molecule has 1 heterocycles. The summed E-state index contributed by atoms with van der Waals surface area (Å²) in [5, 5.41) is 9.43. The van der Waals surface area contributed by atoms with Crippen molar-refractivity contribution in [1.29, 1.82) is 5.26 Å². The molecular weight excluding hydrogens is 356 g/mol. The first-order chi connectivity index (χ1) is 13.1. The molecule has 0 saturated heterocycles. The second-order valence-electron chi connectivity index (χ2n) is 6.90. The first kappa shape index (κ1) is 19.2. The number of carbonyl (C=O) groups excluding carboxylic acids is 1. The number of nitriles is 1. The molecule has 0 bridgehead atoms. The van der Waals surface area contributed by atoms with Crippen molar-refractivity contribution in [3.8, 4) is 6.07 Å². The van der Waals surface area contributed by atoms with Crippen LogP contribution in [0.4, 0.5) is 0 Å². The second-order valence-corrected chi connectivity index (χ2v) is 7.34. The molecule has 3 nitrogen and oxygen atoms in total. The Balaban J connectivity index is 1.89. The predicted octanol–water partition coefficient (Wildman–Crippen LogP) is 5.81. The van der Waals surface area contributed by atoms with Crippen LogP contribution < -0.4 is 0 Å². The van der Waals surface area contributed by atoms with Gasteiger partial charge in [-0.15, -0.1) is 0 Å². The van der Waals surface area contributed by atoms with Crippen molar-refractivity contribution in [2.75, 3.05) is 0 Å². The molecule has 3 rings (SSSR count). The van der Waals surface area contributed by atoms with E-state index in [0.29, 0.717) is 18.0 Å². The Labute approximate surface area is 165 Å². The Morgan fingerprint density at radius 1 is 1.07 bits per heavy atom. The van der Waals surface area contributed by atoms with Crippen LogP contribution in [0.5, 0.6) is 0 Å². The SMILES string of the molecule is CC1=C(c2ccccc2)N(Cc2ccc(Cl)cc2)C(=O)C1CCCCC#N. The molecule has 2 aromatic carbocycles. The first-order valence-electron chi connectivity index (χ1n) is 9.30. The van der Waals surface area contributed by atoms with E-state index in [1.807, 2.05) is 47.4 Å². The first-order valence-corrected chi connectivity index (χ1v) is 9.68. The predicted molar refractivity (Wildman–Crippen MR) is 109 cm³/mol. The van der Waals surface area contributed by atoms with Crippen LogP contribution in [0.25, 0.3) is 5.70 Å². The van der Waals surface area contributed by atoms with Crippen molar-refractivity contribution in [1.82, 2.24) is 4.90 Å². The largest absolute Gasteiger partial charge is 0.307 e. The van der Waals surface area contributed by atoms with Gasteiger partial charge >= 0.3 is 0 Å². The number of nitrogens with zero attached hydrogens (tertiary/aromatic N) is 2. The molecule has 0 radical (unpaired) electrons. The lowest BCUT2D eigenvalue weighted by atomic mass is 9.94. The van der Waals surface area contributed by atoms with E-state index in [1.165, 1.54) is 0 Å². The standard InChI is InChI=1S/C23H23ClN2O/c1-17-21(10-6-3-7-15-25)23(27)26(16-18-11-13-20(24)14-12-18)22(17)19-8-4-2-5-9-19/h2,4-5,8-9,11-14,21H,3,6-7,10,16H2,1H3. The van der Waals surface area contributed by atoms with Gasteiger partial charge in [-0.3, -0.25) is 4.79 Å². The molecular formula is C23H23ClN2O. The van der Waals surface area contributed by atoms with Crippen LogP contribution in [0, 0.1) is 17.2 Å². The van der Waals surface area contributed by atoms with Gasteiger partial charge in [0.05, 0.1) is 24.2 Å². The summed E-state index contributed by atoms with van der Waals surface area (Å²) in [5.74, 6) is 0.0458. The summed E-state index contributed by atoms with van der Waals surface area (Å²) < 4.78 is 0. The van der Waals surface area contributed by atoms with E-state index in [2.05, 4.69) is 25.1 Å². The fraction of sp³-hybridized carbons (Fsp3) is 0.304. The molecule has 1 amide bonds. The lowest BCUT2D eigenvalue weighted by Gasteiger charge is -2.22. The number of hydrogen-bond acceptors (Lipinski definition) is 2. The molecule has 1 unspecified atom stereocenters. The van der Waals surface area contributed by atoms with Crippen molar-refractivity contribution in [3.05, 3.63) is 76.3 Å². The van der Waals surface area contributed by atoms with Crippen LogP contribution in [-0.4, -0.2) is 10.8 Å². The molecule has 138 valence electrons. The van der Waals surface area contributed by atoms with Gasteiger partial charge in [-0.05, 0) is 48.6 Å². The van der Waals surface area contributed by atoms with Gasteiger partial charge in [0.1, 0.15) is 0 Å². The number of unbranched alkanes of at least 4 members (excludes halogenated alkanes) is 2. The average Bonchev–Trinajstić information content (AvgIpc) is 2.91. The maximum atomic E-state index is 13.2. The van der Waals surface area contributed by atoms with Crippen molar-refractivity contribution in [3.63, 3.8) is 0 Å². The minimum Gasteiger partial charge on any atom is -0.307 e. The zero-order valence-corrected chi connectivity index (χ0v) is 16.2. The summed E-state index contributed by atoms with van der Waals surface area (Å²) in [6.07, 6.45) is 3.06. The molecule has 1 aliphatic heterocycles. The number of hydrogen-bond donors (Lipinski definition) is 0. The van der Waals surface area contributed by atoms with Crippen LogP contribution in [0.3, 0.4) is 0 Å². The highest BCUT2D eigenvalue weighted by Gasteiger charge is 2.37. The minimum atomic E-state index is -0.105. The topological polar surface area (TPSA) is 44.1 Å². The fourth-order valence-corrected chi connectivity index (χ4v) is 3.79. The van der Waals surface area contributed by atoms with Crippen molar-refractivity contribution >= 4 is 23.2 Å². The van der Waals surface area contributed by atoms with E-state index < -0.39 is 0 Å². The molecule has 0 saturated carbocycles. The van der Waals surface area contributed by atoms with E-state index in [4.69, 9.17) is 16.9 Å². The van der Waals surface area contributed by atoms with Crippen LogP contribution in [0.2, 0.25) is 5.02 Å². The number of benzene rings is 2. The van der Waals surface area contributed by atoms with Crippen molar-refractivity contribution in [2.24, 2.45) is 5.92 Å². The summed E-state index contributed by atoms with van der Waals surface area (Å²) >= 11 is 6.00. The Bertz CT molecular complexity index is 866. The fourth-order valence-electron chi connectivity index (χ4n) is 3.66. The van der Waals surface area contributed by atoms with E-state index in [1.54, 1.807) is 0 Å². The molecule has 4 heteroatoms. The van der Waals surface area contributed by atoms with Crippen LogP contribution >= 0.6 is 11.6 Å². The number of amides is 1. The second kappa shape index (κ2) is 8.88. The normalized spacial score (nSPS) is 16.7. The highest BCUT2D eigenvalue weighted by molar-refractivity contribution is 6.30. The van der Waals surface area contributed by atoms with Gasteiger partial charge in [-0.25, -0.2) is 0 Å². The molecule has 1 atom stereocenters. The van der Waals surface area contributed by atoms with Gasteiger partial charge in [0.2, 0.25) is 5.91 Å². The van der Waals surface area contributed by atoms with Gasteiger partial charge in [0.15, 0.2) is 0 Å². The summed E-state index contributed by atoms with van der Waals surface area (Å²) in [4.78, 5) is 15.1. The maximum Gasteiger partial charge on any atom is 0.234 e. The molecule has 0 aromatic heterocycles. The zero-order valence-electron chi connectivity index (χ0n) is 15.5. The van der Waals surface area contributed by atoms with Crippen LogP contribution in [-0.2, 0) is 11.3 Å². The molecule has 0 aliphatic carbocycles. The number of halogens is 1. The molecule has 0 spiro atoms.